The van der Waals surface area contributed by atoms with E-state index in [0.717, 1.165) is 50.3 Å². The number of fused-ring (bicyclic) bond motifs is 4. The smallest absolute Gasteiger partial charge is 0.165 e. The van der Waals surface area contributed by atoms with Gasteiger partial charge in [-0.15, -0.1) is 0 Å². The molecule has 150 valence electrons. The first-order valence-electron chi connectivity index (χ1n) is 10.6. The minimum Gasteiger partial charge on any atom is -0.346 e. The second kappa shape index (κ2) is 6.62. The van der Waals surface area contributed by atoms with E-state index in [4.69, 9.17) is 4.98 Å². The standard InChI is InChI=1S/C24H22FN5/c1-14-2-4-15(5-3-14)22-19-8-9-26-23(19)30-24(29-22)20(13-28-30)17-10-16-11-18(25)6-7-21(16)27-12-17/h6-15,26H,2-5H2,1H3/t14-,15-. The summed E-state index contributed by atoms with van der Waals surface area (Å²) in [7, 11) is 0. The van der Waals surface area contributed by atoms with Crippen molar-refractivity contribution in [3.63, 3.8) is 0 Å². The number of hydrogen-bond donors (Lipinski definition) is 1. The predicted molar refractivity (Wildman–Crippen MR) is 116 cm³/mol. The number of aromatic nitrogens is 5. The first kappa shape index (κ1) is 17.6. The van der Waals surface area contributed by atoms with Crippen molar-refractivity contribution in [3.8, 4) is 11.1 Å². The van der Waals surface area contributed by atoms with Gasteiger partial charge in [0.1, 0.15) is 11.5 Å². The fourth-order valence-corrected chi connectivity index (χ4v) is 4.83. The van der Waals surface area contributed by atoms with Crippen LogP contribution in [0.25, 0.3) is 38.7 Å². The number of rotatable bonds is 2. The SMILES string of the molecule is C[C@H]1CC[C@H](c2nc3c(-c4cnc5ccc(F)cc5c4)cnn3c3[nH]ccc32)CC1. The van der Waals surface area contributed by atoms with Crippen molar-refractivity contribution in [2.45, 2.75) is 38.5 Å². The number of aromatic amines is 1. The summed E-state index contributed by atoms with van der Waals surface area (Å²) in [5, 5.41) is 6.53. The van der Waals surface area contributed by atoms with E-state index < -0.39 is 0 Å². The van der Waals surface area contributed by atoms with Crippen molar-refractivity contribution in [2.75, 3.05) is 0 Å². The van der Waals surface area contributed by atoms with Gasteiger partial charge in [-0.1, -0.05) is 19.8 Å². The fraction of sp³-hybridized carbons (Fsp3) is 0.292. The number of H-pyrrole nitrogens is 1. The molecule has 4 heterocycles. The van der Waals surface area contributed by atoms with Crippen molar-refractivity contribution < 1.29 is 4.39 Å². The molecule has 0 spiro atoms. The van der Waals surface area contributed by atoms with Gasteiger partial charge >= 0.3 is 0 Å². The highest BCUT2D eigenvalue weighted by molar-refractivity contribution is 5.89. The van der Waals surface area contributed by atoms with Crippen LogP contribution >= 0.6 is 0 Å². The number of pyridine rings is 1. The molecule has 5 aromatic rings. The average Bonchev–Trinajstić information content (AvgIpc) is 3.40. The van der Waals surface area contributed by atoms with E-state index >= 15 is 0 Å². The summed E-state index contributed by atoms with van der Waals surface area (Å²) in [5.74, 6) is 0.999. The Morgan fingerprint density at radius 2 is 1.93 bits per heavy atom. The Labute approximate surface area is 173 Å². The van der Waals surface area contributed by atoms with Gasteiger partial charge in [0.2, 0.25) is 0 Å². The molecule has 0 radical (unpaired) electrons. The molecule has 1 aliphatic carbocycles. The van der Waals surface area contributed by atoms with E-state index in [2.05, 4.69) is 28.1 Å². The maximum absolute atomic E-state index is 13.7. The molecule has 0 bridgehead atoms. The van der Waals surface area contributed by atoms with Gasteiger partial charge in [-0.2, -0.15) is 9.61 Å². The molecule has 6 rings (SSSR count). The Morgan fingerprint density at radius 3 is 2.80 bits per heavy atom. The molecule has 0 unspecified atom stereocenters. The van der Waals surface area contributed by atoms with Gasteiger partial charge in [0.25, 0.3) is 0 Å². The van der Waals surface area contributed by atoms with Crippen LogP contribution < -0.4 is 0 Å². The summed E-state index contributed by atoms with van der Waals surface area (Å²) >= 11 is 0. The van der Waals surface area contributed by atoms with E-state index in [1.165, 1.54) is 37.8 Å². The van der Waals surface area contributed by atoms with Gasteiger partial charge in [-0.25, -0.2) is 9.37 Å². The third kappa shape index (κ3) is 2.70. The molecule has 0 aliphatic heterocycles. The van der Waals surface area contributed by atoms with Crippen LogP contribution in [0.4, 0.5) is 4.39 Å². The Hall–Kier alpha value is -3.28. The van der Waals surface area contributed by atoms with Crippen LogP contribution in [0.1, 0.15) is 44.2 Å². The summed E-state index contributed by atoms with van der Waals surface area (Å²) < 4.78 is 15.6. The average molecular weight is 399 g/mol. The molecule has 1 N–H and O–H groups in total. The molecule has 0 amide bonds. The quantitative estimate of drug-likeness (QED) is 0.404. The minimum absolute atomic E-state index is 0.263. The topological polar surface area (TPSA) is 58.9 Å². The third-order valence-corrected chi connectivity index (χ3v) is 6.54. The van der Waals surface area contributed by atoms with Gasteiger partial charge in [0, 0.05) is 40.2 Å². The van der Waals surface area contributed by atoms with Crippen molar-refractivity contribution in [2.24, 2.45) is 5.92 Å². The summed E-state index contributed by atoms with van der Waals surface area (Å²) in [6, 6.07) is 8.73. The van der Waals surface area contributed by atoms with E-state index in [1.807, 2.05) is 29.2 Å². The van der Waals surface area contributed by atoms with Gasteiger partial charge in [0.15, 0.2) is 5.65 Å². The van der Waals surface area contributed by atoms with E-state index in [0.29, 0.717) is 5.92 Å². The van der Waals surface area contributed by atoms with Crippen LogP contribution in [0.3, 0.4) is 0 Å². The number of benzene rings is 1. The van der Waals surface area contributed by atoms with Gasteiger partial charge in [-0.3, -0.25) is 4.98 Å². The zero-order valence-corrected chi connectivity index (χ0v) is 16.8. The van der Waals surface area contributed by atoms with Crippen molar-refractivity contribution in [3.05, 3.63) is 60.4 Å². The van der Waals surface area contributed by atoms with Crippen LogP contribution in [-0.2, 0) is 0 Å². The van der Waals surface area contributed by atoms with Crippen LogP contribution in [0.15, 0.2) is 48.9 Å². The molecule has 30 heavy (non-hydrogen) atoms. The highest BCUT2D eigenvalue weighted by atomic mass is 19.1. The Balaban J connectivity index is 1.55. The maximum atomic E-state index is 13.7. The lowest BCUT2D eigenvalue weighted by molar-refractivity contribution is 0.345. The number of nitrogens with zero attached hydrogens (tertiary/aromatic N) is 4. The van der Waals surface area contributed by atoms with Crippen molar-refractivity contribution in [1.29, 1.82) is 0 Å². The summed E-state index contributed by atoms with van der Waals surface area (Å²) in [6.45, 7) is 2.34. The monoisotopic (exact) mass is 399 g/mol. The number of hydrogen-bond acceptors (Lipinski definition) is 3. The molecule has 0 atom stereocenters. The molecule has 0 saturated heterocycles. The number of halogens is 1. The Kier molecular flexibility index (Phi) is 3.88. The zero-order valence-electron chi connectivity index (χ0n) is 16.8. The summed E-state index contributed by atoms with van der Waals surface area (Å²) in [5.41, 5.74) is 5.52. The minimum atomic E-state index is -0.263. The van der Waals surface area contributed by atoms with Gasteiger partial charge in [0.05, 0.1) is 17.4 Å². The molecule has 5 nitrogen and oxygen atoms in total. The van der Waals surface area contributed by atoms with Crippen LogP contribution in [0.2, 0.25) is 0 Å². The molecule has 1 aromatic carbocycles. The first-order chi connectivity index (χ1) is 14.7. The van der Waals surface area contributed by atoms with Crippen LogP contribution in [-0.4, -0.2) is 24.6 Å². The van der Waals surface area contributed by atoms with E-state index in [-0.39, 0.29) is 5.82 Å². The lowest BCUT2D eigenvalue weighted by Gasteiger charge is -2.26. The first-order valence-corrected chi connectivity index (χ1v) is 10.6. The highest BCUT2D eigenvalue weighted by Gasteiger charge is 2.25. The summed E-state index contributed by atoms with van der Waals surface area (Å²) in [6.07, 6.45) is 10.4. The molecular weight excluding hydrogens is 377 g/mol. The van der Waals surface area contributed by atoms with Gasteiger partial charge < -0.3 is 4.98 Å². The third-order valence-electron chi connectivity index (χ3n) is 6.54. The maximum Gasteiger partial charge on any atom is 0.165 e. The highest BCUT2D eigenvalue weighted by Crippen LogP contribution is 2.38. The Bertz CT molecular complexity index is 1390. The van der Waals surface area contributed by atoms with Crippen LogP contribution in [0.5, 0.6) is 0 Å². The van der Waals surface area contributed by atoms with Crippen molar-refractivity contribution >= 4 is 27.6 Å². The molecule has 4 aromatic heterocycles. The fourth-order valence-electron chi connectivity index (χ4n) is 4.83. The second-order valence-corrected chi connectivity index (χ2v) is 8.55. The molecule has 6 heteroatoms. The zero-order chi connectivity index (χ0) is 20.2. The molecule has 1 fully saturated rings. The molecular formula is C24H22FN5. The normalized spacial score (nSPS) is 19.8. The lowest BCUT2D eigenvalue weighted by atomic mass is 9.81. The van der Waals surface area contributed by atoms with Crippen LogP contribution in [0, 0.1) is 11.7 Å². The van der Waals surface area contributed by atoms with E-state index in [9.17, 15) is 4.39 Å². The Morgan fingerprint density at radius 1 is 1.07 bits per heavy atom. The second-order valence-electron chi connectivity index (χ2n) is 8.55. The van der Waals surface area contributed by atoms with Gasteiger partial charge in [-0.05, 0) is 49.1 Å². The predicted octanol–water partition coefficient (Wildman–Crippen LogP) is 5.86. The molecule has 1 aliphatic rings. The number of nitrogens with one attached hydrogen (secondary N) is 1. The van der Waals surface area contributed by atoms with E-state index in [1.54, 1.807) is 6.07 Å². The largest absolute Gasteiger partial charge is 0.346 e. The molecule has 1 saturated carbocycles. The lowest BCUT2D eigenvalue weighted by Crippen LogP contribution is -2.13. The van der Waals surface area contributed by atoms with Crippen molar-refractivity contribution in [1.82, 2.24) is 24.6 Å². The summed E-state index contributed by atoms with van der Waals surface area (Å²) in [4.78, 5) is 13.0.